The van der Waals surface area contributed by atoms with Crippen LogP contribution in [0.4, 0.5) is 5.69 Å². The van der Waals surface area contributed by atoms with Crippen LogP contribution in [0.1, 0.15) is 32.3 Å². The van der Waals surface area contributed by atoms with E-state index in [1.165, 1.54) is 0 Å². The smallest absolute Gasteiger partial charge is 0.238 e. The van der Waals surface area contributed by atoms with Gasteiger partial charge in [0.05, 0.1) is 12.6 Å². The number of likely N-dealkylation sites (tertiary alicyclic amines) is 1. The molecule has 0 saturated carbocycles. The molecule has 1 saturated heterocycles. The first-order chi connectivity index (χ1) is 10.5. The second-order valence-electron chi connectivity index (χ2n) is 6.62. The van der Waals surface area contributed by atoms with Gasteiger partial charge in [0.25, 0.3) is 0 Å². The van der Waals surface area contributed by atoms with E-state index in [9.17, 15) is 4.79 Å². The molecule has 0 radical (unpaired) electrons. The van der Waals surface area contributed by atoms with E-state index < -0.39 is 0 Å². The number of rotatable bonds is 6. The number of carbonyl (C=O) groups is 1. The van der Waals surface area contributed by atoms with E-state index in [0.717, 1.165) is 43.8 Å². The number of piperidine rings is 1. The fraction of sp³-hybridized carbons (Fsp3) is 0.611. The van der Waals surface area contributed by atoms with Crippen molar-refractivity contribution < 1.29 is 9.53 Å². The summed E-state index contributed by atoms with van der Waals surface area (Å²) in [5.41, 5.74) is 2.03. The van der Waals surface area contributed by atoms with Crippen LogP contribution in [0.5, 0.6) is 0 Å². The lowest BCUT2D eigenvalue weighted by Crippen LogP contribution is -2.41. The van der Waals surface area contributed by atoms with E-state index in [2.05, 4.69) is 24.1 Å². The molecule has 2 rings (SSSR count). The molecule has 0 bridgehead atoms. The van der Waals surface area contributed by atoms with Crippen LogP contribution >= 0.6 is 0 Å². The largest absolute Gasteiger partial charge is 0.378 e. The standard InChI is InChI=1S/C18H28N2O2/c1-14(2)13-22-17-7-9-20(10-8-17)12-18(21)19-16-6-4-5-15(3)11-16/h4-6,11,14,17H,7-10,12-13H2,1-3H3,(H,19,21). The van der Waals surface area contributed by atoms with Crippen LogP contribution in [-0.4, -0.2) is 43.2 Å². The normalized spacial score (nSPS) is 16.9. The van der Waals surface area contributed by atoms with Crippen molar-refractivity contribution in [1.82, 2.24) is 4.90 Å². The number of nitrogens with zero attached hydrogens (tertiary/aromatic N) is 1. The molecule has 1 aliphatic rings. The highest BCUT2D eigenvalue weighted by molar-refractivity contribution is 5.92. The third-order valence-electron chi connectivity index (χ3n) is 3.87. The highest BCUT2D eigenvalue weighted by Gasteiger charge is 2.21. The number of nitrogens with one attached hydrogen (secondary N) is 1. The monoisotopic (exact) mass is 304 g/mol. The maximum Gasteiger partial charge on any atom is 0.238 e. The lowest BCUT2D eigenvalue weighted by molar-refractivity contribution is -0.118. The highest BCUT2D eigenvalue weighted by Crippen LogP contribution is 2.15. The summed E-state index contributed by atoms with van der Waals surface area (Å²) >= 11 is 0. The van der Waals surface area contributed by atoms with Gasteiger partial charge in [-0.3, -0.25) is 9.69 Å². The van der Waals surface area contributed by atoms with E-state index in [0.29, 0.717) is 18.6 Å². The van der Waals surface area contributed by atoms with Crippen molar-refractivity contribution in [2.45, 2.75) is 39.7 Å². The van der Waals surface area contributed by atoms with Gasteiger partial charge >= 0.3 is 0 Å². The van der Waals surface area contributed by atoms with Gasteiger partial charge in [0, 0.05) is 25.4 Å². The molecular formula is C18H28N2O2. The van der Waals surface area contributed by atoms with Crippen LogP contribution in [-0.2, 0) is 9.53 Å². The molecule has 22 heavy (non-hydrogen) atoms. The molecule has 4 nitrogen and oxygen atoms in total. The summed E-state index contributed by atoms with van der Waals surface area (Å²) < 4.78 is 5.88. The van der Waals surface area contributed by atoms with Crippen LogP contribution in [0.15, 0.2) is 24.3 Å². The van der Waals surface area contributed by atoms with Crippen molar-refractivity contribution in [2.75, 3.05) is 31.6 Å². The van der Waals surface area contributed by atoms with Crippen LogP contribution in [0.2, 0.25) is 0 Å². The number of benzene rings is 1. The van der Waals surface area contributed by atoms with E-state index in [1.54, 1.807) is 0 Å². The number of aryl methyl sites for hydroxylation is 1. The first-order valence-electron chi connectivity index (χ1n) is 8.23. The second-order valence-corrected chi connectivity index (χ2v) is 6.62. The molecule has 0 aromatic heterocycles. The summed E-state index contributed by atoms with van der Waals surface area (Å²) in [4.78, 5) is 14.3. The number of carbonyl (C=O) groups excluding carboxylic acids is 1. The average Bonchev–Trinajstić information content (AvgIpc) is 2.46. The van der Waals surface area contributed by atoms with Crippen LogP contribution < -0.4 is 5.32 Å². The second kappa shape index (κ2) is 8.30. The van der Waals surface area contributed by atoms with Crippen molar-refractivity contribution in [1.29, 1.82) is 0 Å². The zero-order valence-electron chi connectivity index (χ0n) is 14.0. The van der Waals surface area contributed by atoms with Gasteiger partial charge in [0.1, 0.15) is 0 Å². The Bertz CT molecular complexity index is 480. The van der Waals surface area contributed by atoms with E-state index in [-0.39, 0.29) is 5.91 Å². The Hall–Kier alpha value is -1.39. The fourth-order valence-electron chi connectivity index (χ4n) is 2.69. The fourth-order valence-corrected chi connectivity index (χ4v) is 2.69. The Labute approximate surface area is 133 Å². The molecule has 1 N–H and O–H groups in total. The number of anilines is 1. The van der Waals surface area contributed by atoms with Crippen molar-refractivity contribution >= 4 is 11.6 Å². The van der Waals surface area contributed by atoms with Gasteiger partial charge in [-0.2, -0.15) is 0 Å². The van der Waals surface area contributed by atoms with Gasteiger partial charge in [-0.25, -0.2) is 0 Å². The van der Waals surface area contributed by atoms with Crippen LogP contribution in [0, 0.1) is 12.8 Å². The lowest BCUT2D eigenvalue weighted by Gasteiger charge is -2.31. The molecular weight excluding hydrogens is 276 g/mol. The molecule has 0 spiro atoms. The number of hydrogen-bond acceptors (Lipinski definition) is 3. The SMILES string of the molecule is Cc1cccc(NC(=O)CN2CCC(OCC(C)C)CC2)c1. The summed E-state index contributed by atoms with van der Waals surface area (Å²) in [7, 11) is 0. The van der Waals surface area contributed by atoms with Gasteiger partial charge in [-0.15, -0.1) is 0 Å². The molecule has 1 fully saturated rings. The minimum absolute atomic E-state index is 0.0622. The molecule has 1 heterocycles. The van der Waals surface area contributed by atoms with Gasteiger partial charge in [-0.05, 0) is 43.4 Å². The summed E-state index contributed by atoms with van der Waals surface area (Å²) in [5.74, 6) is 0.644. The van der Waals surface area contributed by atoms with E-state index in [1.807, 2.05) is 31.2 Å². The first kappa shape index (κ1) is 17.0. The minimum Gasteiger partial charge on any atom is -0.378 e. The maximum absolute atomic E-state index is 12.1. The number of amides is 1. The van der Waals surface area contributed by atoms with Crippen molar-refractivity contribution in [3.05, 3.63) is 29.8 Å². The number of ether oxygens (including phenoxy) is 1. The molecule has 122 valence electrons. The molecule has 1 amide bonds. The lowest BCUT2D eigenvalue weighted by atomic mass is 10.1. The van der Waals surface area contributed by atoms with E-state index in [4.69, 9.17) is 4.74 Å². The predicted octanol–water partition coefficient (Wildman–Crippen LogP) is 3.07. The Kier molecular flexibility index (Phi) is 6.40. The summed E-state index contributed by atoms with van der Waals surface area (Å²) in [6.45, 7) is 9.53. The summed E-state index contributed by atoms with van der Waals surface area (Å²) in [5, 5.41) is 2.97. The minimum atomic E-state index is 0.0622. The predicted molar refractivity (Wildman–Crippen MR) is 90.1 cm³/mol. The Morgan fingerprint density at radius 3 is 2.73 bits per heavy atom. The zero-order valence-corrected chi connectivity index (χ0v) is 14.0. The first-order valence-corrected chi connectivity index (χ1v) is 8.23. The van der Waals surface area contributed by atoms with Gasteiger partial charge < -0.3 is 10.1 Å². The molecule has 1 aliphatic heterocycles. The molecule has 1 aromatic rings. The van der Waals surface area contributed by atoms with Crippen molar-refractivity contribution in [2.24, 2.45) is 5.92 Å². The van der Waals surface area contributed by atoms with E-state index >= 15 is 0 Å². The average molecular weight is 304 g/mol. The Morgan fingerprint density at radius 2 is 2.09 bits per heavy atom. The van der Waals surface area contributed by atoms with Gasteiger partial charge in [-0.1, -0.05) is 26.0 Å². The molecule has 1 aromatic carbocycles. The summed E-state index contributed by atoms with van der Waals surface area (Å²) in [6.07, 6.45) is 2.40. The van der Waals surface area contributed by atoms with Crippen molar-refractivity contribution in [3.8, 4) is 0 Å². The zero-order chi connectivity index (χ0) is 15.9. The topological polar surface area (TPSA) is 41.6 Å². The molecule has 4 heteroatoms. The molecule has 0 atom stereocenters. The molecule has 0 aliphatic carbocycles. The third-order valence-corrected chi connectivity index (χ3v) is 3.87. The van der Waals surface area contributed by atoms with Crippen molar-refractivity contribution in [3.63, 3.8) is 0 Å². The van der Waals surface area contributed by atoms with Gasteiger partial charge in [0.2, 0.25) is 5.91 Å². The van der Waals surface area contributed by atoms with Gasteiger partial charge in [0.15, 0.2) is 0 Å². The summed E-state index contributed by atoms with van der Waals surface area (Å²) in [6, 6.07) is 7.90. The quantitative estimate of drug-likeness (QED) is 0.878. The highest BCUT2D eigenvalue weighted by atomic mass is 16.5. The Morgan fingerprint density at radius 1 is 1.36 bits per heavy atom. The third kappa shape index (κ3) is 5.78. The van der Waals surface area contributed by atoms with Crippen LogP contribution in [0.3, 0.4) is 0 Å². The number of hydrogen-bond donors (Lipinski definition) is 1. The Balaban J connectivity index is 1.70. The maximum atomic E-state index is 12.1. The molecule has 0 unspecified atom stereocenters. The van der Waals surface area contributed by atoms with Crippen LogP contribution in [0.25, 0.3) is 0 Å².